The number of hydrogen-bond acceptors (Lipinski definition) is 17. The summed E-state index contributed by atoms with van der Waals surface area (Å²) in [4.78, 5) is 94.1. The van der Waals surface area contributed by atoms with E-state index < -0.39 is 41.3 Å². The molecule has 0 atom stereocenters. The van der Waals surface area contributed by atoms with Gasteiger partial charge in [-0.1, -0.05) is 71.9 Å². The van der Waals surface area contributed by atoms with Gasteiger partial charge in [0.25, 0.3) is 17.7 Å². The van der Waals surface area contributed by atoms with Crippen LogP contribution in [0, 0.1) is 49.4 Å². The van der Waals surface area contributed by atoms with E-state index in [4.69, 9.17) is 20.4 Å². The molecule has 606 valence electrons. The van der Waals surface area contributed by atoms with Crippen LogP contribution in [0.2, 0.25) is 0 Å². The summed E-state index contributed by atoms with van der Waals surface area (Å²) in [5.74, 6) is 19.3. The van der Waals surface area contributed by atoms with Crippen LogP contribution in [0.25, 0.3) is 44.2 Å². The first-order valence-electron chi connectivity index (χ1n) is 38.6. The number of likely N-dealkylation sites (N-methyl/N-ethyl adjacent to an activating group) is 2. The summed E-state index contributed by atoms with van der Waals surface area (Å²) >= 11 is 0. The number of aromatic nitrogens is 7. The summed E-state index contributed by atoms with van der Waals surface area (Å²) in [7, 11) is 5.46. The zero-order valence-electron chi connectivity index (χ0n) is 66.1. The fourth-order valence-electron chi connectivity index (χ4n) is 14.1. The zero-order valence-corrected chi connectivity index (χ0v) is 66.1. The standard InChI is InChI=1S/C93H77F6N17O5/c1-56-9-13-66(88(118)108-72-24-21-68(79(48-72)92(94,95)96)53-115-37-33-113(4)34-38-115)45-61(56)16-19-65-42-59(44-83-78(65)52-104-90(100)112-83)41-63-18-20-67(87(117)107-70-26-28-74(29-27-70)121-75-31-32-102-84(50-75)89(119)101-3)46-64(63)17-15-60-7-6-8-81-77(60)51-103-86(111-81)85-76-30-12-58(43-82(76)105-55-106-85)11-14-62-47-71(23-10-57(62)2)109-91(120)110-73-25-22-69(80(49-73)93(97,98)99)54-116-39-35-114(5)36-40-116/h6-10,12-13,18,20-32,42-52,55H,33-41,53-54H2,1-5H3,(H,101,119)(H,107,117)(H,108,118)(H2,100,104,112)(H2,109,110,120). The van der Waals surface area contributed by atoms with Gasteiger partial charge in [-0.3, -0.25) is 29.2 Å². The molecule has 7 N–H and O–H groups in total. The molecule has 0 saturated carbocycles. The number of urea groups is 1. The normalized spacial score (nSPS) is 13.4. The van der Waals surface area contributed by atoms with E-state index >= 15 is 0 Å². The van der Waals surface area contributed by atoms with Crippen LogP contribution >= 0.6 is 0 Å². The molecule has 22 nitrogen and oxygen atoms in total. The van der Waals surface area contributed by atoms with E-state index in [1.54, 1.807) is 91.3 Å². The molecule has 6 heterocycles. The van der Waals surface area contributed by atoms with Crippen molar-refractivity contribution in [2.45, 2.75) is 45.7 Å². The Morgan fingerprint density at radius 3 is 1.70 bits per heavy atom. The van der Waals surface area contributed by atoms with Gasteiger partial charge in [0.15, 0.2) is 5.82 Å². The maximum absolute atomic E-state index is 14.6. The van der Waals surface area contributed by atoms with Crippen molar-refractivity contribution < 1.29 is 50.3 Å². The van der Waals surface area contributed by atoms with Crippen molar-refractivity contribution in [1.82, 2.24) is 59.8 Å². The molecule has 9 aromatic carbocycles. The van der Waals surface area contributed by atoms with Gasteiger partial charge >= 0.3 is 18.4 Å². The van der Waals surface area contributed by atoms with Crippen LogP contribution in [-0.2, 0) is 31.9 Å². The highest BCUT2D eigenvalue weighted by Crippen LogP contribution is 2.38. The molecule has 4 aromatic heterocycles. The van der Waals surface area contributed by atoms with Crippen LogP contribution < -0.4 is 37.1 Å². The van der Waals surface area contributed by atoms with Gasteiger partial charge in [0.1, 0.15) is 29.2 Å². The number of alkyl halides is 6. The smallest absolute Gasteiger partial charge is 0.416 e. The van der Waals surface area contributed by atoms with Gasteiger partial charge in [-0.15, -0.1) is 0 Å². The lowest BCUT2D eigenvalue weighted by Gasteiger charge is -2.33. The van der Waals surface area contributed by atoms with E-state index in [1.807, 2.05) is 92.3 Å². The number of benzene rings is 9. The number of amides is 5. The highest BCUT2D eigenvalue weighted by atomic mass is 19.4. The van der Waals surface area contributed by atoms with Crippen LogP contribution in [-0.4, -0.2) is 152 Å². The average Bonchev–Trinajstić information content (AvgIpc) is 0.786. The largest absolute Gasteiger partial charge is 0.457 e. The molecule has 2 fully saturated rings. The van der Waals surface area contributed by atoms with Crippen LogP contribution in [0.3, 0.4) is 0 Å². The summed E-state index contributed by atoms with van der Waals surface area (Å²) in [6.07, 6.45) is -2.94. The predicted molar refractivity (Wildman–Crippen MR) is 453 cm³/mol. The van der Waals surface area contributed by atoms with Crippen LogP contribution in [0.4, 0.5) is 59.8 Å². The number of pyridine rings is 1. The molecule has 28 heteroatoms. The maximum Gasteiger partial charge on any atom is 0.416 e. The zero-order chi connectivity index (χ0) is 84.6. The number of aryl methyl sites for hydroxylation is 2. The van der Waals surface area contributed by atoms with Crippen LogP contribution in [0.15, 0.2) is 201 Å². The van der Waals surface area contributed by atoms with E-state index in [9.17, 15) is 45.5 Å². The number of carbonyl (C=O) groups excluding carboxylic acids is 4. The van der Waals surface area contributed by atoms with Gasteiger partial charge in [-0.05, 0) is 201 Å². The number of hydrogen-bond donors (Lipinski definition) is 6. The van der Waals surface area contributed by atoms with Crippen molar-refractivity contribution in [1.29, 1.82) is 0 Å². The van der Waals surface area contributed by atoms with Gasteiger partial charge in [0, 0.05) is 181 Å². The Morgan fingerprint density at radius 2 is 1.02 bits per heavy atom. The molecule has 0 bridgehead atoms. The lowest BCUT2D eigenvalue weighted by Crippen LogP contribution is -2.44. The van der Waals surface area contributed by atoms with Crippen molar-refractivity contribution in [2.75, 3.05) is 101 Å². The minimum Gasteiger partial charge on any atom is -0.457 e. The first-order chi connectivity index (χ1) is 58.2. The van der Waals surface area contributed by atoms with E-state index in [0.29, 0.717) is 132 Å². The van der Waals surface area contributed by atoms with Gasteiger partial charge in [0.05, 0.1) is 27.7 Å². The Kier molecular flexibility index (Phi) is 23.9. The summed E-state index contributed by atoms with van der Waals surface area (Å²) < 4.78 is 92.9. The number of anilines is 5. The Labute approximate surface area is 692 Å². The molecule has 15 rings (SSSR count). The summed E-state index contributed by atoms with van der Waals surface area (Å²) in [5, 5.41) is 15.3. The highest BCUT2D eigenvalue weighted by molar-refractivity contribution is 6.06. The minimum atomic E-state index is -4.66. The van der Waals surface area contributed by atoms with E-state index in [-0.39, 0.29) is 70.7 Å². The number of nitrogens with one attached hydrogen (secondary N) is 5. The topological polar surface area (TPSA) is 267 Å². The second kappa shape index (κ2) is 35.4. The number of nitrogens with two attached hydrogens (primary N) is 1. The Hall–Kier alpha value is -14.5. The number of rotatable bonds is 16. The predicted octanol–water partition coefficient (Wildman–Crippen LogP) is 15.4. The Bertz CT molecular complexity index is 6450. The molecule has 2 aliphatic rings. The lowest BCUT2D eigenvalue weighted by molar-refractivity contribution is -0.139. The van der Waals surface area contributed by atoms with E-state index in [1.165, 1.54) is 49.9 Å². The Balaban J connectivity index is 0.687. The van der Waals surface area contributed by atoms with Crippen LogP contribution in [0.5, 0.6) is 11.5 Å². The number of nitrogens with zero attached hydrogens (tertiary/aromatic N) is 11. The average molecular weight is 1630 g/mol. The highest BCUT2D eigenvalue weighted by Gasteiger charge is 2.36. The van der Waals surface area contributed by atoms with Gasteiger partial charge in [-0.2, -0.15) is 26.3 Å². The number of halogens is 6. The van der Waals surface area contributed by atoms with Crippen LogP contribution in [0.1, 0.15) is 109 Å². The van der Waals surface area contributed by atoms with Crippen molar-refractivity contribution in [2.24, 2.45) is 0 Å². The van der Waals surface area contributed by atoms with E-state index in [0.717, 1.165) is 55.0 Å². The van der Waals surface area contributed by atoms with Crippen molar-refractivity contribution in [3.05, 3.63) is 296 Å². The van der Waals surface area contributed by atoms with Gasteiger partial charge < -0.3 is 46.9 Å². The van der Waals surface area contributed by atoms with Crippen molar-refractivity contribution >= 4 is 85.2 Å². The Morgan fingerprint density at radius 1 is 0.463 bits per heavy atom. The van der Waals surface area contributed by atoms with Gasteiger partial charge in [-0.25, -0.2) is 34.7 Å². The third kappa shape index (κ3) is 19.9. The molecule has 0 radical (unpaired) electrons. The SMILES string of the molecule is CNC(=O)c1cc(Oc2ccc(NC(=O)c3ccc(Cc4cc(C#Cc5cc(C(=O)Nc6ccc(CN7CCN(C)CC7)c(C(F)(F)F)c6)ccc5C)c5cnc(N)nc5c4)c(C#Cc4cccc5nc(-c6ncnc7cc(C#Cc8cc(NC(=O)Nc9ccc(CN%10CCN(C)CC%10)c(C(F)(F)F)c9)ccc8C)ccc67)ncc45)c3)cc2)ccn1. The fourth-order valence-corrected chi connectivity index (χ4v) is 14.1. The molecular weight excluding hydrogens is 1550 g/mol. The lowest BCUT2D eigenvalue weighted by atomic mass is 9.95. The second-order valence-corrected chi connectivity index (χ2v) is 29.5. The molecule has 0 aliphatic carbocycles. The van der Waals surface area contributed by atoms with Crippen molar-refractivity contribution in [3.63, 3.8) is 0 Å². The molecule has 121 heavy (non-hydrogen) atoms. The molecule has 0 spiro atoms. The number of piperazine rings is 2. The van der Waals surface area contributed by atoms with Gasteiger partial charge in [0.2, 0.25) is 5.95 Å². The third-order valence-corrected chi connectivity index (χ3v) is 20.9. The fraction of sp³-hybridized carbons (Fsp3) is 0.194. The molecule has 2 saturated heterocycles. The molecule has 2 aliphatic heterocycles. The quantitative estimate of drug-likeness (QED) is 0.0388. The number of ether oxygens (including phenoxy) is 1. The molecule has 5 amide bonds. The number of carbonyl (C=O) groups is 4. The second-order valence-electron chi connectivity index (χ2n) is 29.5. The maximum atomic E-state index is 14.6. The van der Waals surface area contributed by atoms with Crippen molar-refractivity contribution in [3.8, 4) is 58.5 Å². The first kappa shape index (κ1) is 81.7. The number of fused-ring (bicyclic) bond motifs is 3. The summed E-state index contributed by atoms with van der Waals surface area (Å²) in [6.45, 7) is 9.52. The minimum absolute atomic E-state index is 0.00718. The number of nitrogen functional groups attached to an aromatic ring is 1. The van der Waals surface area contributed by atoms with E-state index in [2.05, 4.69) is 96.8 Å². The molecule has 13 aromatic rings. The summed E-state index contributed by atoms with van der Waals surface area (Å²) in [5.41, 5.74) is 14.5. The molecule has 0 unspecified atom stereocenters. The molecular formula is C93H77F6N17O5. The monoisotopic (exact) mass is 1630 g/mol. The summed E-state index contributed by atoms with van der Waals surface area (Å²) in [6, 6.07) is 46.8. The first-order valence-corrected chi connectivity index (χ1v) is 38.6. The third-order valence-electron chi connectivity index (χ3n) is 20.9.